The van der Waals surface area contributed by atoms with Crippen molar-refractivity contribution in [3.63, 3.8) is 0 Å². The van der Waals surface area contributed by atoms with Gasteiger partial charge in [0, 0.05) is 12.1 Å². The minimum Gasteiger partial charge on any atom is -0.333 e. The summed E-state index contributed by atoms with van der Waals surface area (Å²) in [5, 5.41) is 0.412. The van der Waals surface area contributed by atoms with Crippen LogP contribution in [0.25, 0.3) is 0 Å². The zero-order valence-electron chi connectivity index (χ0n) is 10.4. The average Bonchev–Trinajstić information content (AvgIpc) is 2.33. The Morgan fingerprint density at radius 1 is 1.21 bits per heavy atom. The van der Waals surface area contributed by atoms with E-state index in [1.54, 1.807) is 0 Å². The Kier molecular flexibility index (Phi) is 3.44. The summed E-state index contributed by atoms with van der Waals surface area (Å²) in [6.45, 7) is 11.8. The number of rotatable bonds is 2. The van der Waals surface area contributed by atoms with E-state index in [-0.39, 0.29) is 0 Å². The van der Waals surface area contributed by atoms with Crippen LogP contribution in [0, 0.1) is 0 Å². The lowest BCUT2D eigenvalue weighted by Crippen LogP contribution is -2.59. The van der Waals surface area contributed by atoms with Crippen molar-refractivity contribution in [1.82, 2.24) is 4.98 Å². The highest BCUT2D eigenvalue weighted by Gasteiger charge is 2.39. The fraction of sp³-hybridized carbons (Fsp3) is 1.00. The van der Waals surface area contributed by atoms with E-state index in [0.29, 0.717) is 17.1 Å². The monoisotopic (exact) mass is 214 g/mol. The van der Waals surface area contributed by atoms with Crippen molar-refractivity contribution >= 4 is 8.24 Å². The molecule has 0 amide bonds. The summed E-state index contributed by atoms with van der Waals surface area (Å²) in [6, 6.07) is 0.972. The topological polar surface area (TPSA) is 38.0 Å². The third-order valence-electron chi connectivity index (χ3n) is 3.99. The minimum atomic E-state index is -1.34. The summed E-state index contributed by atoms with van der Waals surface area (Å²) in [7, 11) is -1.34. The van der Waals surface area contributed by atoms with Gasteiger partial charge in [-0.1, -0.05) is 40.3 Å². The van der Waals surface area contributed by atoms with Gasteiger partial charge in [-0.2, -0.15) is 0 Å². The first-order valence-corrected chi connectivity index (χ1v) is 8.77. The lowest BCUT2D eigenvalue weighted by Gasteiger charge is -2.40. The molecule has 3 N–H and O–H groups in total. The molecule has 2 atom stereocenters. The summed E-state index contributed by atoms with van der Waals surface area (Å²) in [4.78, 5) is 3.86. The summed E-state index contributed by atoms with van der Waals surface area (Å²) in [6.07, 6.45) is 3.77. The predicted molar refractivity (Wildman–Crippen MR) is 65.9 cm³/mol. The second-order valence-electron chi connectivity index (χ2n) is 6.22. The first kappa shape index (κ1) is 12.2. The maximum Gasteiger partial charge on any atom is 0.125 e. The van der Waals surface area contributed by atoms with Gasteiger partial charge in [-0.05, 0) is 17.9 Å². The quantitative estimate of drug-likeness (QED) is 0.693. The molecular formula is C11H26N2Si. The molecule has 1 aliphatic rings. The molecule has 3 heteroatoms. The minimum absolute atomic E-state index is 0.393. The van der Waals surface area contributed by atoms with E-state index in [1.807, 2.05) is 0 Å². The predicted octanol–water partition coefficient (Wildman–Crippen LogP) is 2.46. The Hall–Kier alpha value is 0.137. The van der Waals surface area contributed by atoms with Gasteiger partial charge in [0.05, 0.1) is 0 Å². The molecule has 84 valence electrons. The molecule has 1 saturated carbocycles. The van der Waals surface area contributed by atoms with Gasteiger partial charge in [0.2, 0.25) is 0 Å². The average molecular weight is 214 g/mol. The molecule has 2 nitrogen and oxygen atoms in total. The highest BCUT2D eigenvalue weighted by molar-refractivity contribution is 6.77. The van der Waals surface area contributed by atoms with E-state index < -0.39 is 8.24 Å². The van der Waals surface area contributed by atoms with Gasteiger partial charge in [0.1, 0.15) is 8.24 Å². The highest BCUT2D eigenvalue weighted by atomic mass is 28.3. The molecule has 1 rings (SSSR count). The Morgan fingerprint density at radius 3 is 2.14 bits per heavy atom. The molecule has 0 bridgehead atoms. The van der Waals surface area contributed by atoms with Gasteiger partial charge >= 0.3 is 0 Å². The molecular weight excluding hydrogens is 188 g/mol. The molecule has 0 saturated heterocycles. The van der Waals surface area contributed by atoms with Crippen molar-refractivity contribution in [2.75, 3.05) is 0 Å². The molecule has 1 fully saturated rings. The summed E-state index contributed by atoms with van der Waals surface area (Å²) in [5.74, 6) is 0. The maximum absolute atomic E-state index is 6.09. The Balaban J connectivity index is 2.58. The lowest BCUT2D eigenvalue weighted by molar-refractivity contribution is 0.535. The molecule has 14 heavy (non-hydrogen) atoms. The van der Waals surface area contributed by atoms with Crippen molar-refractivity contribution in [2.24, 2.45) is 5.73 Å². The number of hydrogen-bond donors (Lipinski definition) is 2. The van der Waals surface area contributed by atoms with Crippen LogP contribution in [0.15, 0.2) is 0 Å². The van der Waals surface area contributed by atoms with Gasteiger partial charge in [0.15, 0.2) is 0 Å². The van der Waals surface area contributed by atoms with Crippen molar-refractivity contribution in [3.8, 4) is 0 Å². The molecule has 0 radical (unpaired) electrons. The highest BCUT2D eigenvalue weighted by Crippen LogP contribution is 2.35. The molecule has 0 aliphatic heterocycles. The summed E-state index contributed by atoms with van der Waals surface area (Å²) in [5.41, 5.74) is 6.09. The van der Waals surface area contributed by atoms with Crippen LogP contribution >= 0.6 is 0 Å². The molecule has 0 spiro atoms. The lowest BCUT2D eigenvalue weighted by atomic mass is 10.2. The van der Waals surface area contributed by atoms with Crippen molar-refractivity contribution in [3.05, 3.63) is 0 Å². The van der Waals surface area contributed by atoms with E-state index >= 15 is 0 Å². The zero-order chi connectivity index (χ0) is 11.0. The molecule has 2 unspecified atom stereocenters. The van der Waals surface area contributed by atoms with Crippen LogP contribution < -0.4 is 10.7 Å². The normalized spacial score (nSPS) is 29.6. The van der Waals surface area contributed by atoms with Crippen LogP contribution in [0.2, 0.25) is 18.1 Å². The zero-order valence-corrected chi connectivity index (χ0v) is 11.4. The summed E-state index contributed by atoms with van der Waals surface area (Å²) < 4.78 is 0. The van der Waals surface area contributed by atoms with Gasteiger partial charge < -0.3 is 10.7 Å². The number of nitrogens with one attached hydrogen (secondary N) is 1. The Bertz CT molecular complexity index is 196. The van der Waals surface area contributed by atoms with Gasteiger partial charge in [-0.15, -0.1) is 0 Å². The third-order valence-corrected chi connectivity index (χ3v) is 8.83. The number of hydrogen-bond acceptors (Lipinski definition) is 2. The number of nitrogens with two attached hydrogens (primary N) is 1. The first-order chi connectivity index (χ1) is 6.24. The van der Waals surface area contributed by atoms with E-state index in [1.165, 1.54) is 19.3 Å². The van der Waals surface area contributed by atoms with Gasteiger partial charge in [-0.3, -0.25) is 0 Å². The second-order valence-corrected chi connectivity index (χ2v) is 11.3. The van der Waals surface area contributed by atoms with Crippen molar-refractivity contribution in [1.29, 1.82) is 0 Å². The Labute approximate surface area is 89.7 Å². The molecule has 0 heterocycles. The third kappa shape index (κ3) is 2.58. The van der Waals surface area contributed by atoms with Crippen LogP contribution in [-0.4, -0.2) is 20.3 Å². The fourth-order valence-corrected chi connectivity index (χ4v) is 3.57. The fourth-order valence-electron chi connectivity index (χ4n) is 1.85. The standard InChI is InChI=1S/C11H26N2Si/c1-11(2,3)14(4,5)13-10-8-6-7-9(10)12/h9-10,13H,6-8,12H2,1-5H3. The molecule has 0 aromatic rings. The SMILES string of the molecule is CC(C)(C)[Si](C)(C)NC1CCCC1N. The van der Waals surface area contributed by atoms with Crippen LogP contribution in [0.4, 0.5) is 0 Å². The maximum atomic E-state index is 6.09. The van der Waals surface area contributed by atoms with Crippen LogP contribution in [0.3, 0.4) is 0 Å². The first-order valence-electron chi connectivity index (χ1n) is 5.77. The van der Waals surface area contributed by atoms with Gasteiger partial charge in [-0.25, -0.2) is 0 Å². The molecule has 0 aromatic carbocycles. The van der Waals surface area contributed by atoms with Crippen LogP contribution in [-0.2, 0) is 0 Å². The van der Waals surface area contributed by atoms with Crippen LogP contribution in [0.5, 0.6) is 0 Å². The van der Waals surface area contributed by atoms with Crippen LogP contribution in [0.1, 0.15) is 40.0 Å². The van der Waals surface area contributed by atoms with E-state index in [4.69, 9.17) is 5.73 Å². The van der Waals surface area contributed by atoms with Crippen molar-refractivity contribution in [2.45, 2.75) is 70.2 Å². The van der Waals surface area contributed by atoms with E-state index in [2.05, 4.69) is 38.8 Å². The second kappa shape index (κ2) is 3.95. The van der Waals surface area contributed by atoms with E-state index in [9.17, 15) is 0 Å². The molecule has 0 aromatic heterocycles. The van der Waals surface area contributed by atoms with Gasteiger partial charge in [0.25, 0.3) is 0 Å². The molecule has 1 aliphatic carbocycles. The van der Waals surface area contributed by atoms with E-state index in [0.717, 1.165) is 0 Å². The summed E-state index contributed by atoms with van der Waals surface area (Å²) >= 11 is 0. The largest absolute Gasteiger partial charge is 0.333 e. The smallest absolute Gasteiger partial charge is 0.125 e. The van der Waals surface area contributed by atoms with Crippen molar-refractivity contribution < 1.29 is 0 Å². The Morgan fingerprint density at radius 2 is 1.79 bits per heavy atom.